The molecule has 0 amide bonds. The molecule has 1 aliphatic carbocycles. The van der Waals surface area contributed by atoms with E-state index in [9.17, 15) is 5.11 Å². The highest BCUT2D eigenvalue weighted by Gasteiger charge is 2.31. The summed E-state index contributed by atoms with van der Waals surface area (Å²) >= 11 is 0. The fourth-order valence-electron chi connectivity index (χ4n) is 4.37. The molecule has 2 N–H and O–H groups in total. The van der Waals surface area contributed by atoms with Gasteiger partial charge in [0.2, 0.25) is 0 Å². The molecule has 2 aromatic heterocycles. The Morgan fingerprint density at radius 1 is 1.25 bits per heavy atom. The number of nitrogens with zero attached hydrogens (tertiary/aromatic N) is 4. The first-order valence-corrected chi connectivity index (χ1v) is 10.6. The van der Waals surface area contributed by atoms with Crippen LogP contribution in [0.25, 0.3) is 11.5 Å². The Morgan fingerprint density at radius 2 is 2.07 bits per heavy atom. The summed E-state index contributed by atoms with van der Waals surface area (Å²) in [5, 5.41) is 18.5. The number of piperidine rings is 1. The number of hydrogen-bond donors (Lipinski definition) is 2. The number of aliphatic hydroxyl groups is 1. The number of anilines is 1. The lowest BCUT2D eigenvalue weighted by Crippen LogP contribution is -2.55. The third kappa shape index (κ3) is 4.20. The third-order valence-corrected chi connectivity index (χ3v) is 5.95. The quantitative estimate of drug-likeness (QED) is 0.818. The zero-order chi connectivity index (χ0) is 19.5. The van der Waals surface area contributed by atoms with Crippen molar-refractivity contribution in [2.24, 2.45) is 0 Å². The molecule has 7 nitrogen and oxygen atoms in total. The molecule has 152 valence electrons. The minimum atomic E-state index is -0.416. The van der Waals surface area contributed by atoms with E-state index in [-0.39, 0.29) is 6.04 Å². The van der Waals surface area contributed by atoms with Gasteiger partial charge in [0, 0.05) is 37.8 Å². The average molecular weight is 386 g/mol. The largest absolute Gasteiger partial charge is 0.390 e. The van der Waals surface area contributed by atoms with Crippen LogP contribution < -0.4 is 10.2 Å². The van der Waals surface area contributed by atoms with E-state index in [0.717, 1.165) is 36.3 Å². The van der Waals surface area contributed by atoms with Crippen molar-refractivity contribution in [1.29, 1.82) is 0 Å². The summed E-state index contributed by atoms with van der Waals surface area (Å²) in [5.74, 6) is 2.00. The minimum absolute atomic E-state index is 0.156. The summed E-state index contributed by atoms with van der Waals surface area (Å²) in [6.45, 7) is 5.42. The Morgan fingerprint density at radius 3 is 2.79 bits per heavy atom. The summed E-state index contributed by atoms with van der Waals surface area (Å²) < 4.78 is 5.47. The fraction of sp³-hybridized carbons (Fsp3) is 0.667. The van der Waals surface area contributed by atoms with E-state index in [1.807, 2.05) is 26.1 Å². The minimum Gasteiger partial charge on any atom is -0.390 e. The number of aromatic nitrogens is 3. The van der Waals surface area contributed by atoms with E-state index in [0.29, 0.717) is 24.3 Å². The molecule has 1 saturated carbocycles. The van der Waals surface area contributed by atoms with Gasteiger partial charge in [-0.1, -0.05) is 31.3 Å². The smallest absolute Gasteiger partial charge is 0.261 e. The molecule has 2 fully saturated rings. The van der Waals surface area contributed by atoms with Crippen LogP contribution in [0.3, 0.4) is 0 Å². The maximum Gasteiger partial charge on any atom is 0.261 e. The number of aliphatic hydroxyl groups excluding tert-OH is 1. The molecule has 1 saturated heterocycles. The Labute approximate surface area is 166 Å². The highest BCUT2D eigenvalue weighted by molar-refractivity contribution is 5.70. The molecule has 3 heterocycles. The van der Waals surface area contributed by atoms with Gasteiger partial charge in [-0.2, -0.15) is 4.98 Å². The van der Waals surface area contributed by atoms with Gasteiger partial charge in [0.25, 0.3) is 5.89 Å². The second-order valence-electron chi connectivity index (χ2n) is 8.16. The van der Waals surface area contributed by atoms with E-state index >= 15 is 0 Å². The summed E-state index contributed by atoms with van der Waals surface area (Å²) in [4.78, 5) is 11.3. The van der Waals surface area contributed by atoms with Gasteiger partial charge in [-0.05, 0) is 37.8 Å². The topological polar surface area (TPSA) is 87.3 Å². The normalized spacial score (nSPS) is 23.9. The number of pyridine rings is 1. The van der Waals surface area contributed by atoms with Gasteiger partial charge in [-0.25, -0.2) is 4.98 Å². The van der Waals surface area contributed by atoms with Crippen molar-refractivity contribution in [2.75, 3.05) is 18.0 Å². The number of hydrogen-bond acceptors (Lipinski definition) is 7. The second kappa shape index (κ2) is 8.57. The first kappa shape index (κ1) is 19.3. The first-order valence-electron chi connectivity index (χ1n) is 10.6. The second-order valence-corrected chi connectivity index (χ2v) is 8.16. The number of nitrogens with one attached hydrogen (secondary N) is 1. The lowest BCUT2D eigenvalue weighted by molar-refractivity contribution is 0.103. The van der Waals surface area contributed by atoms with Crippen LogP contribution in [0.5, 0.6) is 0 Å². The molecule has 1 aliphatic heterocycles. The zero-order valence-corrected chi connectivity index (χ0v) is 16.9. The zero-order valence-electron chi connectivity index (χ0n) is 16.9. The van der Waals surface area contributed by atoms with Gasteiger partial charge >= 0.3 is 0 Å². The van der Waals surface area contributed by atoms with Crippen molar-refractivity contribution in [1.82, 2.24) is 20.4 Å². The molecular formula is C21H31N5O2. The van der Waals surface area contributed by atoms with Crippen molar-refractivity contribution in [2.45, 2.75) is 77.0 Å². The Balaban J connectivity index is 1.49. The number of aryl methyl sites for hydroxylation is 2. The van der Waals surface area contributed by atoms with Crippen molar-refractivity contribution < 1.29 is 9.63 Å². The monoisotopic (exact) mass is 385 g/mol. The van der Waals surface area contributed by atoms with Gasteiger partial charge in [-0.15, -0.1) is 0 Å². The van der Waals surface area contributed by atoms with Crippen molar-refractivity contribution in [3.05, 3.63) is 23.7 Å². The maximum absolute atomic E-state index is 10.8. The van der Waals surface area contributed by atoms with Crippen LogP contribution in [0.4, 0.5) is 5.82 Å². The molecule has 7 heteroatoms. The van der Waals surface area contributed by atoms with E-state index in [2.05, 4.69) is 25.3 Å². The lowest BCUT2D eigenvalue weighted by atomic mass is 9.92. The van der Waals surface area contributed by atoms with Crippen LogP contribution in [-0.2, 0) is 6.42 Å². The van der Waals surface area contributed by atoms with Gasteiger partial charge in [0.1, 0.15) is 5.82 Å². The van der Waals surface area contributed by atoms with Crippen LogP contribution in [0.15, 0.2) is 16.8 Å². The molecule has 0 radical (unpaired) electrons. The van der Waals surface area contributed by atoms with E-state index in [1.54, 1.807) is 0 Å². The standard InChI is InChI=1S/C21H31N5O2/c1-3-19-24-21(28-25-19)16-11-14(2)12-22-20(16)26-10-9-17(18(27)13-26)23-15-7-5-4-6-8-15/h11-12,15,17-18,23,27H,3-10,13H2,1-2H3/t17-,18-/m1/s1. The van der Waals surface area contributed by atoms with Gasteiger partial charge < -0.3 is 19.8 Å². The molecule has 2 atom stereocenters. The van der Waals surface area contributed by atoms with Gasteiger partial charge in [0.15, 0.2) is 5.82 Å². The predicted octanol–water partition coefficient (Wildman–Crippen LogP) is 2.86. The molecule has 2 aliphatic rings. The highest BCUT2D eigenvalue weighted by atomic mass is 16.5. The average Bonchev–Trinajstić information content (AvgIpc) is 3.19. The predicted molar refractivity (Wildman–Crippen MR) is 108 cm³/mol. The van der Waals surface area contributed by atoms with E-state index < -0.39 is 6.10 Å². The summed E-state index contributed by atoms with van der Waals surface area (Å²) in [5.41, 5.74) is 1.89. The van der Waals surface area contributed by atoms with Crippen LogP contribution >= 0.6 is 0 Å². The summed E-state index contributed by atoms with van der Waals surface area (Å²) in [6.07, 6.45) is 9.47. The fourth-order valence-corrected chi connectivity index (χ4v) is 4.37. The molecule has 2 aromatic rings. The molecule has 0 unspecified atom stereocenters. The maximum atomic E-state index is 10.8. The Hall–Kier alpha value is -1.99. The molecule has 4 rings (SSSR count). The first-order chi connectivity index (χ1) is 13.6. The molecule has 28 heavy (non-hydrogen) atoms. The number of β-amino-alcohol motifs (C(OH)–C–C–N with tert-alkyl or cyclic N) is 1. The third-order valence-electron chi connectivity index (χ3n) is 5.95. The van der Waals surface area contributed by atoms with Crippen molar-refractivity contribution in [3.63, 3.8) is 0 Å². The van der Waals surface area contributed by atoms with E-state index in [1.165, 1.54) is 32.1 Å². The van der Waals surface area contributed by atoms with Crippen LogP contribution in [0, 0.1) is 6.92 Å². The molecule has 0 aromatic carbocycles. The highest BCUT2D eigenvalue weighted by Crippen LogP contribution is 2.31. The molecule has 0 spiro atoms. The van der Waals surface area contributed by atoms with Crippen LogP contribution in [-0.4, -0.2) is 51.5 Å². The van der Waals surface area contributed by atoms with Gasteiger partial charge in [0.05, 0.1) is 11.7 Å². The van der Waals surface area contributed by atoms with Crippen LogP contribution in [0.2, 0.25) is 0 Å². The van der Waals surface area contributed by atoms with Gasteiger partial charge in [-0.3, -0.25) is 0 Å². The van der Waals surface area contributed by atoms with E-state index in [4.69, 9.17) is 4.52 Å². The molecular weight excluding hydrogens is 354 g/mol. The van der Waals surface area contributed by atoms with Crippen molar-refractivity contribution in [3.8, 4) is 11.5 Å². The Bertz CT molecular complexity index is 787. The van der Waals surface area contributed by atoms with Crippen molar-refractivity contribution >= 4 is 5.82 Å². The molecule has 0 bridgehead atoms. The SMILES string of the molecule is CCc1noc(-c2cc(C)cnc2N2CC[C@@H](NC3CCCCC3)[C@H](O)C2)n1. The summed E-state index contributed by atoms with van der Waals surface area (Å²) in [6, 6.07) is 2.75. The lowest BCUT2D eigenvalue weighted by Gasteiger charge is -2.39. The summed E-state index contributed by atoms with van der Waals surface area (Å²) in [7, 11) is 0. The van der Waals surface area contributed by atoms with Crippen LogP contribution in [0.1, 0.15) is 56.8 Å². The number of rotatable bonds is 5. The Kier molecular flexibility index (Phi) is 5.92.